The summed E-state index contributed by atoms with van der Waals surface area (Å²) in [6.45, 7) is 3.91. The van der Waals surface area contributed by atoms with Crippen LogP contribution in [0, 0.1) is 6.92 Å². The van der Waals surface area contributed by atoms with Crippen LogP contribution in [0.1, 0.15) is 11.5 Å². The van der Waals surface area contributed by atoms with E-state index in [9.17, 15) is 17.6 Å². The number of anilines is 2. The predicted molar refractivity (Wildman–Crippen MR) is 110 cm³/mol. The number of hydrogen-bond acceptors (Lipinski definition) is 5. The molecule has 1 saturated heterocycles. The van der Waals surface area contributed by atoms with Gasteiger partial charge in [-0.25, -0.2) is 9.97 Å². The monoisotopic (exact) mass is 441 g/mol. The van der Waals surface area contributed by atoms with E-state index in [2.05, 4.69) is 19.9 Å². The van der Waals surface area contributed by atoms with Gasteiger partial charge in [0.05, 0.1) is 12.7 Å². The van der Waals surface area contributed by atoms with E-state index in [4.69, 9.17) is 11.6 Å². The second-order valence-electron chi connectivity index (χ2n) is 6.62. The minimum Gasteiger partial charge on any atom is -0.367 e. The molecule has 0 radical (unpaired) electrons. The molecule has 0 bridgehead atoms. The Balaban J connectivity index is 0.00000124. The van der Waals surface area contributed by atoms with E-state index in [1.54, 1.807) is 6.20 Å². The quantitative estimate of drug-likeness (QED) is 0.528. The number of benzene rings is 1. The van der Waals surface area contributed by atoms with Crippen molar-refractivity contribution in [2.45, 2.75) is 13.1 Å². The molecule has 1 aliphatic heterocycles. The zero-order valence-corrected chi connectivity index (χ0v) is 17.2. The minimum atomic E-state index is -4.48. The number of piperazine rings is 1. The Hall–Kier alpha value is -2.68. The first kappa shape index (κ1) is 22.0. The van der Waals surface area contributed by atoms with Gasteiger partial charge in [-0.05, 0) is 31.2 Å². The average Bonchev–Trinajstić information content (AvgIpc) is 2.73. The molecule has 2 aromatic heterocycles. The molecule has 10 heteroatoms. The Kier molecular flexibility index (Phi) is 6.60. The molecule has 30 heavy (non-hydrogen) atoms. The average molecular weight is 442 g/mol. The van der Waals surface area contributed by atoms with Gasteiger partial charge in [-0.15, -0.1) is 0 Å². The number of fused-ring (bicyclic) bond motifs is 1. The van der Waals surface area contributed by atoms with Gasteiger partial charge in [0.1, 0.15) is 17.3 Å². The molecule has 0 amide bonds. The summed E-state index contributed by atoms with van der Waals surface area (Å²) in [5.41, 5.74) is 0.944. The van der Waals surface area contributed by atoms with Gasteiger partial charge in [-0.3, -0.25) is 9.37 Å². The molecule has 3 aromatic rings. The van der Waals surface area contributed by atoms with Crippen LogP contribution in [0.4, 0.5) is 29.1 Å². The Morgan fingerprint density at radius 1 is 0.933 bits per heavy atom. The number of halogens is 5. The second-order valence-corrected chi connectivity index (χ2v) is 7.06. The molecule has 1 aromatic carbocycles. The summed E-state index contributed by atoms with van der Waals surface area (Å²) < 4.78 is 48.6. The fourth-order valence-corrected chi connectivity index (χ4v) is 3.58. The largest absolute Gasteiger partial charge is 0.433 e. The van der Waals surface area contributed by atoms with Crippen molar-refractivity contribution in [3.05, 3.63) is 53.1 Å². The molecule has 0 N–H and O–H groups in total. The first-order valence-corrected chi connectivity index (χ1v) is 9.54. The van der Waals surface area contributed by atoms with E-state index in [0.717, 1.165) is 22.7 Å². The fraction of sp³-hybridized carbons (Fsp3) is 0.350. The second kappa shape index (κ2) is 8.99. The molecule has 1 aliphatic rings. The Bertz CT molecular complexity index is 1020. The molecule has 3 heterocycles. The number of alkyl halides is 4. The van der Waals surface area contributed by atoms with Gasteiger partial charge in [-0.1, -0.05) is 11.6 Å². The highest BCUT2D eigenvalue weighted by Crippen LogP contribution is 2.31. The summed E-state index contributed by atoms with van der Waals surface area (Å²) in [5, 5.41) is 1.62. The maximum atomic E-state index is 13.0. The van der Waals surface area contributed by atoms with Crippen LogP contribution in [0.3, 0.4) is 0 Å². The van der Waals surface area contributed by atoms with Crippen LogP contribution in [0.25, 0.3) is 10.9 Å². The normalized spacial score (nSPS) is 14.5. The van der Waals surface area contributed by atoms with Crippen LogP contribution in [0.15, 0.2) is 36.5 Å². The van der Waals surface area contributed by atoms with Gasteiger partial charge in [0, 0.05) is 54.5 Å². The standard InChI is InChI=1S/C19H17ClF3N5.CH3F/c1-12-25-17(19(21,22)23)11-18(26-12)28-8-6-27(7-9-28)16-4-5-24-15-10-13(20)2-3-14(15)16;1-2/h2-5,10-11H,6-9H2,1H3;1H3. The van der Waals surface area contributed by atoms with Crippen molar-refractivity contribution in [1.29, 1.82) is 0 Å². The van der Waals surface area contributed by atoms with Crippen LogP contribution in [-0.2, 0) is 6.18 Å². The SMILES string of the molecule is CF.Cc1nc(N2CCN(c3ccnc4cc(Cl)ccc34)CC2)cc(C(F)(F)F)n1. The highest BCUT2D eigenvalue weighted by molar-refractivity contribution is 6.31. The summed E-state index contributed by atoms with van der Waals surface area (Å²) >= 11 is 6.05. The molecule has 0 unspecified atom stereocenters. The molecular formula is C20H20ClF4N5. The first-order valence-electron chi connectivity index (χ1n) is 9.16. The number of rotatable bonds is 2. The molecule has 4 rings (SSSR count). The van der Waals surface area contributed by atoms with Crippen LogP contribution in [0.5, 0.6) is 0 Å². The summed E-state index contributed by atoms with van der Waals surface area (Å²) in [5.74, 6) is 0.426. The Morgan fingerprint density at radius 3 is 2.27 bits per heavy atom. The fourth-order valence-electron chi connectivity index (χ4n) is 3.42. The van der Waals surface area contributed by atoms with E-state index in [1.165, 1.54) is 6.92 Å². The van der Waals surface area contributed by atoms with E-state index >= 15 is 0 Å². The van der Waals surface area contributed by atoms with Crippen molar-refractivity contribution in [3.8, 4) is 0 Å². The van der Waals surface area contributed by atoms with Crippen molar-refractivity contribution in [3.63, 3.8) is 0 Å². The van der Waals surface area contributed by atoms with Crippen LogP contribution >= 0.6 is 11.6 Å². The lowest BCUT2D eigenvalue weighted by atomic mass is 10.1. The maximum absolute atomic E-state index is 13.0. The van der Waals surface area contributed by atoms with Gasteiger partial charge < -0.3 is 9.80 Å². The van der Waals surface area contributed by atoms with Crippen molar-refractivity contribution < 1.29 is 17.6 Å². The molecule has 160 valence electrons. The molecule has 0 saturated carbocycles. The predicted octanol–water partition coefficient (Wildman–Crippen LogP) is 4.92. The summed E-state index contributed by atoms with van der Waals surface area (Å²) in [4.78, 5) is 16.1. The number of pyridine rings is 1. The van der Waals surface area contributed by atoms with Gasteiger partial charge >= 0.3 is 6.18 Å². The Labute approximate surface area is 176 Å². The summed E-state index contributed by atoms with van der Waals surface area (Å²) in [6.07, 6.45) is -2.74. The van der Waals surface area contributed by atoms with E-state index in [-0.39, 0.29) is 5.82 Å². The third-order valence-corrected chi connectivity index (χ3v) is 4.98. The van der Waals surface area contributed by atoms with Gasteiger partial charge in [0.15, 0.2) is 0 Å². The van der Waals surface area contributed by atoms with E-state index in [0.29, 0.717) is 44.2 Å². The lowest BCUT2D eigenvalue weighted by Gasteiger charge is -2.37. The number of nitrogens with zero attached hydrogens (tertiary/aromatic N) is 5. The van der Waals surface area contributed by atoms with E-state index in [1.807, 2.05) is 29.2 Å². The number of aromatic nitrogens is 3. The minimum absolute atomic E-state index is 0.115. The number of aryl methyl sites for hydroxylation is 1. The lowest BCUT2D eigenvalue weighted by molar-refractivity contribution is -0.141. The van der Waals surface area contributed by atoms with Crippen molar-refractivity contribution >= 4 is 34.0 Å². The van der Waals surface area contributed by atoms with Gasteiger partial charge in [0.25, 0.3) is 0 Å². The molecular weight excluding hydrogens is 422 g/mol. The van der Waals surface area contributed by atoms with Crippen molar-refractivity contribution in [2.24, 2.45) is 0 Å². The zero-order valence-electron chi connectivity index (χ0n) is 16.4. The molecule has 0 spiro atoms. The molecule has 0 aliphatic carbocycles. The molecule has 5 nitrogen and oxygen atoms in total. The highest BCUT2D eigenvalue weighted by atomic mass is 35.5. The van der Waals surface area contributed by atoms with Crippen molar-refractivity contribution in [1.82, 2.24) is 15.0 Å². The van der Waals surface area contributed by atoms with Gasteiger partial charge in [-0.2, -0.15) is 13.2 Å². The third kappa shape index (κ3) is 4.72. The topological polar surface area (TPSA) is 45.2 Å². The third-order valence-electron chi connectivity index (χ3n) is 4.74. The lowest BCUT2D eigenvalue weighted by Crippen LogP contribution is -2.47. The van der Waals surface area contributed by atoms with Crippen molar-refractivity contribution in [2.75, 3.05) is 43.2 Å². The number of hydrogen-bond donors (Lipinski definition) is 0. The van der Waals surface area contributed by atoms with Gasteiger partial charge in [0.2, 0.25) is 0 Å². The maximum Gasteiger partial charge on any atom is 0.433 e. The smallest absolute Gasteiger partial charge is 0.367 e. The Morgan fingerprint density at radius 2 is 1.60 bits per heavy atom. The zero-order chi connectivity index (χ0) is 21.9. The van der Waals surface area contributed by atoms with E-state index < -0.39 is 11.9 Å². The van der Waals surface area contributed by atoms with Crippen LogP contribution < -0.4 is 9.80 Å². The highest BCUT2D eigenvalue weighted by Gasteiger charge is 2.34. The van der Waals surface area contributed by atoms with Crippen LogP contribution in [0.2, 0.25) is 5.02 Å². The summed E-state index contributed by atoms with van der Waals surface area (Å²) in [7, 11) is 0.500. The summed E-state index contributed by atoms with van der Waals surface area (Å²) in [6, 6.07) is 8.55. The first-order chi connectivity index (χ1) is 14.3. The van der Waals surface area contributed by atoms with Crippen LogP contribution in [-0.4, -0.2) is 48.3 Å². The molecule has 0 atom stereocenters. The molecule has 1 fully saturated rings.